The van der Waals surface area contributed by atoms with Crippen LogP contribution in [0, 0.1) is 35.0 Å². The summed E-state index contributed by atoms with van der Waals surface area (Å²) in [6, 6.07) is 0. The van der Waals surface area contributed by atoms with Crippen LogP contribution in [-0.2, 0) is 0 Å². The molecule has 0 amide bonds. The second kappa shape index (κ2) is 4.48. The Balaban J connectivity index is 1.64. The zero-order chi connectivity index (χ0) is 14.0. The van der Waals surface area contributed by atoms with Crippen molar-refractivity contribution in [1.29, 1.82) is 0 Å². The number of hydrogen-bond acceptors (Lipinski definition) is 1. The first-order valence-corrected chi connectivity index (χ1v) is 9.30. The monoisotopic (exact) mass is 275 g/mol. The molecule has 4 aliphatic carbocycles. The van der Waals surface area contributed by atoms with Crippen LogP contribution in [0.1, 0.15) is 78.1 Å². The maximum Gasteiger partial charge on any atom is 0.0185 e. The number of hydrogen-bond donors (Lipinski definition) is 1. The largest absolute Gasteiger partial charge is 0.325 e. The van der Waals surface area contributed by atoms with Crippen LogP contribution < -0.4 is 5.73 Å². The quantitative estimate of drug-likeness (QED) is 0.678. The minimum Gasteiger partial charge on any atom is -0.325 e. The van der Waals surface area contributed by atoms with Crippen LogP contribution in [0.4, 0.5) is 0 Å². The molecule has 0 radical (unpaired) electrons. The number of nitrogens with two attached hydrogens (primary N) is 1. The zero-order valence-corrected chi connectivity index (χ0v) is 13.5. The lowest BCUT2D eigenvalue weighted by molar-refractivity contribution is -0.0820. The molecule has 2 N–H and O–H groups in total. The van der Waals surface area contributed by atoms with Crippen molar-refractivity contribution in [2.24, 2.45) is 40.7 Å². The van der Waals surface area contributed by atoms with Gasteiger partial charge in [-0.25, -0.2) is 0 Å². The predicted octanol–water partition coefficient (Wildman–Crippen LogP) is 4.75. The Kier molecular flexibility index (Phi) is 3.05. The van der Waals surface area contributed by atoms with Crippen molar-refractivity contribution >= 4 is 0 Å². The van der Waals surface area contributed by atoms with E-state index in [9.17, 15) is 0 Å². The second-order valence-corrected chi connectivity index (χ2v) is 9.34. The smallest absolute Gasteiger partial charge is 0.0185 e. The summed E-state index contributed by atoms with van der Waals surface area (Å²) in [6.45, 7) is 5.15. The van der Waals surface area contributed by atoms with E-state index >= 15 is 0 Å². The third kappa shape index (κ3) is 1.84. The molecule has 6 unspecified atom stereocenters. The van der Waals surface area contributed by atoms with Crippen molar-refractivity contribution in [3.8, 4) is 0 Å². The van der Waals surface area contributed by atoms with Crippen molar-refractivity contribution in [3.63, 3.8) is 0 Å². The molecule has 0 saturated heterocycles. The second-order valence-electron chi connectivity index (χ2n) is 9.34. The minimum absolute atomic E-state index is 0.243. The zero-order valence-electron chi connectivity index (χ0n) is 13.5. The van der Waals surface area contributed by atoms with Crippen LogP contribution in [-0.4, -0.2) is 5.54 Å². The van der Waals surface area contributed by atoms with E-state index in [2.05, 4.69) is 13.8 Å². The maximum absolute atomic E-state index is 6.81. The summed E-state index contributed by atoms with van der Waals surface area (Å²) in [6.07, 6.45) is 14.4. The summed E-state index contributed by atoms with van der Waals surface area (Å²) >= 11 is 0. The van der Waals surface area contributed by atoms with Gasteiger partial charge in [0.15, 0.2) is 0 Å². The van der Waals surface area contributed by atoms with Gasteiger partial charge >= 0.3 is 0 Å². The molecule has 0 aromatic carbocycles. The Bertz CT molecular complexity index is 387. The van der Waals surface area contributed by atoms with Gasteiger partial charge in [-0.2, -0.15) is 0 Å². The molecule has 6 atom stereocenters. The molecule has 1 heteroatoms. The summed E-state index contributed by atoms with van der Waals surface area (Å²) in [5.74, 6) is 4.94. The van der Waals surface area contributed by atoms with E-state index in [1.165, 1.54) is 64.2 Å². The van der Waals surface area contributed by atoms with E-state index in [0.717, 1.165) is 29.6 Å². The molecule has 0 aliphatic heterocycles. The average molecular weight is 275 g/mol. The number of rotatable bonds is 0. The predicted molar refractivity (Wildman–Crippen MR) is 84.3 cm³/mol. The van der Waals surface area contributed by atoms with Gasteiger partial charge in [-0.1, -0.05) is 33.1 Å². The lowest BCUT2D eigenvalue weighted by Crippen LogP contribution is -2.57. The topological polar surface area (TPSA) is 26.0 Å². The van der Waals surface area contributed by atoms with E-state index in [1.54, 1.807) is 0 Å². The Morgan fingerprint density at radius 1 is 0.800 bits per heavy atom. The van der Waals surface area contributed by atoms with Crippen molar-refractivity contribution < 1.29 is 0 Å². The highest BCUT2D eigenvalue weighted by atomic mass is 14.8. The first kappa shape index (κ1) is 13.6. The Labute approximate surface area is 125 Å². The van der Waals surface area contributed by atoms with Gasteiger partial charge in [0.25, 0.3) is 0 Å². The fourth-order valence-corrected chi connectivity index (χ4v) is 7.35. The average Bonchev–Trinajstić information content (AvgIpc) is 2.79. The van der Waals surface area contributed by atoms with Crippen molar-refractivity contribution in [2.75, 3.05) is 0 Å². The molecule has 4 rings (SSSR count). The lowest BCUT2D eigenvalue weighted by atomic mass is 9.47. The molecule has 4 aliphatic rings. The molecule has 0 spiro atoms. The van der Waals surface area contributed by atoms with Gasteiger partial charge in [-0.15, -0.1) is 0 Å². The standard InChI is InChI=1S/C19H33N/c1-18(2)10-3-5-13-7-8-14-15(17(13)18)9-12-19(20)11-4-6-16(14)19/h13-17H,3-12,20H2,1-2H3. The van der Waals surface area contributed by atoms with E-state index in [-0.39, 0.29) is 5.54 Å². The van der Waals surface area contributed by atoms with Crippen LogP contribution in [0.25, 0.3) is 0 Å². The van der Waals surface area contributed by atoms with E-state index < -0.39 is 0 Å². The molecule has 0 heterocycles. The first-order chi connectivity index (χ1) is 9.51. The number of fused-ring (bicyclic) bond motifs is 5. The summed E-state index contributed by atoms with van der Waals surface area (Å²) in [5, 5.41) is 0. The third-order valence-corrected chi connectivity index (χ3v) is 8.04. The van der Waals surface area contributed by atoms with Crippen molar-refractivity contribution in [2.45, 2.75) is 83.6 Å². The minimum atomic E-state index is 0.243. The van der Waals surface area contributed by atoms with Gasteiger partial charge in [-0.05, 0) is 80.0 Å². The molecule has 4 saturated carbocycles. The molecule has 0 bridgehead atoms. The highest BCUT2D eigenvalue weighted by molar-refractivity contribution is 5.09. The fraction of sp³-hybridized carbons (Fsp3) is 1.00. The molecule has 20 heavy (non-hydrogen) atoms. The first-order valence-electron chi connectivity index (χ1n) is 9.30. The summed E-state index contributed by atoms with van der Waals surface area (Å²) in [5.41, 5.74) is 7.65. The Morgan fingerprint density at radius 3 is 2.45 bits per heavy atom. The third-order valence-electron chi connectivity index (χ3n) is 8.04. The molecule has 0 aromatic heterocycles. The van der Waals surface area contributed by atoms with Crippen LogP contribution in [0.15, 0.2) is 0 Å². The molecule has 4 fully saturated rings. The van der Waals surface area contributed by atoms with Crippen LogP contribution >= 0.6 is 0 Å². The van der Waals surface area contributed by atoms with E-state index in [4.69, 9.17) is 5.73 Å². The van der Waals surface area contributed by atoms with Crippen molar-refractivity contribution in [1.82, 2.24) is 0 Å². The van der Waals surface area contributed by atoms with Crippen molar-refractivity contribution in [3.05, 3.63) is 0 Å². The fourth-order valence-electron chi connectivity index (χ4n) is 7.35. The SMILES string of the molecule is CC1(C)CCCC2CCC3C(CCC4(N)CCCC34)C21. The summed E-state index contributed by atoms with van der Waals surface area (Å²) in [7, 11) is 0. The molecule has 114 valence electrons. The summed E-state index contributed by atoms with van der Waals surface area (Å²) < 4.78 is 0. The van der Waals surface area contributed by atoms with Gasteiger partial charge < -0.3 is 5.73 Å². The Hall–Kier alpha value is -0.0400. The molecule has 1 nitrogen and oxygen atoms in total. The van der Waals surface area contributed by atoms with Crippen LogP contribution in [0.3, 0.4) is 0 Å². The van der Waals surface area contributed by atoms with Gasteiger partial charge in [-0.3, -0.25) is 0 Å². The molecular weight excluding hydrogens is 242 g/mol. The molecular formula is C19H33N. The van der Waals surface area contributed by atoms with E-state index in [1.807, 2.05) is 0 Å². The normalized spacial score (nSPS) is 53.9. The lowest BCUT2D eigenvalue weighted by Gasteiger charge is -2.59. The van der Waals surface area contributed by atoms with Crippen LogP contribution in [0.2, 0.25) is 0 Å². The van der Waals surface area contributed by atoms with Gasteiger partial charge in [0.2, 0.25) is 0 Å². The highest BCUT2D eigenvalue weighted by Crippen LogP contribution is 2.62. The van der Waals surface area contributed by atoms with E-state index in [0.29, 0.717) is 5.41 Å². The van der Waals surface area contributed by atoms with Gasteiger partial charge in [0, 0.05) is 5.54 Å². The van der Waals surface area contributed by atoms with Crippen LogP contribution in [0.5, 0.6) is 0 Å². The van der Waals surface area contributed by atoms with Gasteiger partial charge in [0.05, 0.1) is 0 Å². The maximum atomic E-state index is 6.81. The van der Waals surface area contributed by atoms with Gasteiger partial charge in [0.1, 0.15) is 0 Å². The summed E-state index contributed by atoms with van der Waals surface area (Å²) in [4.78, 5) is 0. The Morgan fingerprint density at radius 2 is 1.60 bits per heavy atom. The highest BCUT2D eigenvalue weighted by Gasteiger charge is 2.56. The molecule has 0 aromatic rings.